The quantitative estimate of drug-likeness (QED) is 0.408. The van der Waals surface area contributed by atoms with Gasteiger partial charge in [-0.15, -0.1) is 0 Å². The predicted octanol–water partition coefficient (Wildman–Crippen LogP) is 1.41. The third-order valence-corrected chi connectivity index (χ3v) is 6.41. The van der Waals surface area contributed by atoms with Gasteiger partial charge in [-0.3, -0.25) is 4.79 Å². The number of hydrogen-bond donors (Lipinski definition) is 3. The minimum atomic E-state index is -1.25. The van der Waals surface area contributed by atoms with Gasteiger partial charge in [-0.25, -0.2) is 9.59 Å². The Balaban J connectivity index is 1.84. The van der Waals surface area contributed by atoms with Crippen molar-refractivity contribution < 1.29 is 24.2 Å². The SMILES string of the molecule is NCCCCC(N)C(=O)N1[C@H](C(=O)O)C[C@H]2CCC[C@]21C(=O)OCc1ccccc1. The summed E-state index contributed by atoms with van der Waals surface area (Å²) in [5.74, 6) is -2.36. The maximum atomic E-state index is 13.3. The van der Waals surface area contributed by atoms with Crippen molar-refractivity contribution in [1.82, 2.24) is 4.90 Å². The largest absolute Gasteiger partial charge is 0.480 e. The Morgan fingerprint density at radius 2 is 1.97 bits per heavy atom. The number of unbranched alkanes of at least 4 members (excludes halogenated alkanes) is 1. The molecule has 4 atom stereocenters. The molecule has 30 heavy (non-hydrogen) atoms. The minimum absolute atomic E-state index is 0.0798. The zero-order chi connectivity index (χ0) is 21.7. The Morgan fingerprint density at radius 1 is 1.23 bits per heavy atom. The molecule has 1 unspecified atom stereocenters. The van der Waals surface area contributed by atoms with Crippen molar-refractivity contribution >= 4 is 17.8 Å². The zero-order valence-corrected chi connectivity index (χ0v) is 17.2. The Kier molecular flexibility index (Phi) is 7.10. The second-order valence-corrected chi connectivity index (χ2v) is 8.26. The number of nitrogens with zero attached hydrogens (tertiary/aromatic N) is 1. The van der Waals surface area contributed by atoms with Crippen LogP contribution in [0.15, 0.2) is 30.3 Å². The van der Waals surface area contributed by atoms with Crippen molar-refractivity contribution in [3.05, 3.63) is 35.9 Å². The van der Waals surface area contributed by atoms with Crippen molar-refractivity contribution in [1.29, 1.82) is 0 Å². The highest BCUT2D eigenvalue weighted by atomic mass is 16.5. The number of benzene rings is 1. The lowest BCUT2D eigenvalue weighted by Crippen LogP contribution is -2.61. The summed E-state index contributed by atoms with van der Waals surface area (Å²) in [5, 5.41) is 9.78. The van der Waals surface area contributed by atoms with E-state index in [1.807, 2.05) is 30.3 Å². The van der Waals surface area contributed by atoms with Gasteiger partial charge in [0.1, 0.15) is 18.2 Å². The summed E-state index contributed by atoms with van der Waals surface area (Å²) >= 11 is 0. The highest BCUT2D eigenvalue weighted by Gasteiger charge is 2.64. The molecule has 1 saturated carbocycles. The Morgan fingerprint density at radius 3 is 2.63 bits per heavy atom. The van der Waals surface area contributed by atoms with E-state index < -0.39 is 35.5 Å². The second-order valence-electron chi connectivity index (χ2n) is 8.26. The van der Waals surface area contributed by atoms with Crippen LogP contribution in [-0.4, -0.2) is 52.0 Å². The highest BCUT2D eigenvalue weighted by Crippen LogP contribution is 2.51. The van der Waals surface area contributed by atoms with Crippen molar-refractivity contribution in [2.75, 3.05) is 6.54 Å². The van der Waals surface area contributed by atoms with Crippen LogP contribution in [0.5, 0.6) is 0 Å². The molecule has 0 spiro atoms. The third-order valence-electron chi connectivity index (χ3n) is 6.41. The molecule has 8 nitrogen and oxygen atoms in total. The van der Waals surface area contributed by atoms with Gasteiger partial charge in [0.2, 0.25) is 5.91 Å². The van der Waals surface area contributed by atoms with E-state index in [2.05, 4.69) is 0 Å². The molecule has 5 N–H and O–H groups in total. The molecule has 2 fully saturated rings. The summed E-state index contributed by atoms with van der Waals surface area (Å²) in [6.45, 7) is 0.580. The molecule has 3 rings (SSSR count). The van der Waals surface area contributed by atoms with Gasteiger partial charge in [0.25, 0.3) is 0 Å². The first-order valence-electron chi connectivity index (χ1n) is 10.6. The standard InChI is InChI=1S/C22H31N3O5/c23-12-5-4-10-17(24)19(26)25-18(20(27)28)13-16-9-6-11-22(16,25)21(29)30-14-15-7-2-1-3-8-15/h1-3,7-8,16-18H,4-6,9-14,23-24H2,(H,27,28)/t16-,17?,18+,22-/m1/s1. The number of amides is 1. The second kappa shape index (κ2) is 9.57. The van der Waals surface area contributed by atoms with Crippen LogP contribution in [0.1, 0.15) is 50.5 Å². The van der Waals surface area contributed by atoms with Crippen molar-refractivity contribution in [2.24, 2.45) is 17.4 Å². The van der Waals surface area contributed by atoms with E-state index in [1.165, 1.54) is 4.90 Å². The molecular formula is C22H31N3O5. The number of hydrogen-bond acceptors (Lipinski definition) is 6. The number of carboxylic acids is 1. The number of likely N-dealkylation sites (tertiary alicyclic amines) is 1. The summed E-state index contributed by atoms with van der Waals surface area (Å²) < 4.78 is 5.62. The zero-order valence-electron chi connectivity index (χ0n) is 17.2. The number of nitrogens with two attached hydrogens (primary N) is 2. The molecule has 1 aromatic carbocycles. The first-order valence-corrected chi connectivity index (χ1v) is 10.6. The number of aliphatic carboxylic acids is 1. The van der Waals surface area contributed by atoms with Crippen LogP contribution in [0.3, 0.4) is 0 Å². The molecule has 1 aliphatic carbocycles. The van der Waals surface area contributed by atoms with E-state index in [-0.39, 0.29) is 18.9 Å². The topological polar surface area (TPSA) is 136 Å². The van der Waals surface area contributed by atoms with Crippen LogP contribution < -0.4 is 11.5 Å². The smallest absolute Gasteiger partial charge is 0.332 e. The number of ether oxygens (including phenoxy) is 1. The van der Waals surface area contributed by atoms with Crippen LogP contribution in [-0.2, 0) is 25.7 Å². The molecule has 1 aromatic rings. The van der Waals surface area contributed by atoms with Gasteiger partial charge in [-0.05, 0) is 50.1 Å². The fourth-order valence-electron chi connectivity index (χ4n) is 4.93. The van der Waals surface area contributed by atoms with Crippen LogP contribution in [0.2, 0.25) is 0 Å². The molecule has 8 heteroatoms. The van der Waals surface area contributed by atoms with E-state index >= 15 is 0 Å². The summed E-state index contributed by atoms with van der Waals surface area (Å²) in [5.41, 5.74) is 11.2. The van der Waals surface area contributed by atoms with Gasteiger partial charge in [-0.1, -0.05) is 43.2 Å². The molecule has 1 aliphatic heterocycles. The number of carbonyl (C=O) groups is 3. The Labute approximate surface area is 176 Å². The van der Waals surface area contributed by atoms with Crippen molar-refractivity contribution in [2.45, 2.75) is 69.2 Å². The molecule has 0 radical (unpaired) electrons. The first-order chi connectivity index (χ1) is 14.4. The van der Waals surface area contributed by atoms with Crippen LogP contribution in [0.25, 0.3) is 0 Å². The van der Waals surface area contributed by atoms with E-state index in [0.717, 1.165) is 18.4 Å². The fourth-order valence-corrected chi connectivity index (χ4v) is 4.93. The predicted molar refractivity (Wildman–Crippen MR) is 110 cm³/mol. The Hall–Kier alpha value is -2.45. The molecule has 1 saturated heterocycles. The van der Waals surface area contributed by atoms with Gasteiger partial charge in [0.05, 0.1) is 6.04 Å². The number of carbonyl (C=O) groups excluding carboxylic acids is 2. The maximum Gasteiger partial charge on any atom is 0.332 e. The maximum absolute atomic E-state index is 13.3. The van der Waals surface area contributed by atoms with Gasteiger partial charge in [0, 0.05) is 0 Å². The lowest BCUT2D eigenvalue weighted by atomic mass is 9.87. The lowest BCUT2D eigenvalue weighted by Gasteiger charge is -2.39. The molecule has 0 bridgehead atoms. The monoisotopic (exact) mass is 417 g/mol. The summed E-state index contributed by atoms with van der Waals surface area (Å²) in [4.78, 5) is 39.8. The number of carboxylic acid groups (broad SMARTS) is 1. The molecule has 1 heterocycles. The summed E-state index contributed by atoms with van der Waals surface area (Å²) in [6.07, 6.45) is 3.88. The lowest BCUT2D eigenvalue weighted by molar-refractivity contribution is -0.169. The molecule has 2 aliphatic rings. The number of rotatable bonds is 9. The number of fused-ring (bicyclic) bond motifs is 1. The van der Waals surface area contributed by atoms with E-state index in [0.29, 0.717) is 32.2 Å². The fraction of sp³-hybridized carbons (Fsp3) is 0.591. The molecular weight excluding hydrogens is 386 g/mol. The van der Waals surface area contributed by atoms with Gasteiger partial charge >= 0.3 is 11.9 Å². The van der Waals surface area contributed by atoms with Crippen LogP contribution >= 0.6 is 0 Å². The van der Waals surface area contributed by atoms with E-state index in [1.54, 1.807) is 0 Å². The van der Waals surface area contributed by atoms with Gasteiger partial charge < -0.3 is 26.2 Å². The van der Waals surface area contributed by atoms with Crippen LogP contribution in [0.4, 0.5) is 0 Å². The van der Waals surface area contributed by atoms with E-state index in [4.69, 9.17) is 16.2 Å². The molecule has 0 aromatic heterocycles. The van der Waals surface area contributed by atoms with Gasteiger partial charge in [-0.2, -0.15) is 0 Å². The summed E-state index contributed by atoms with van der Waals surface area (Å²) in [6, 6.07) is 7.35. The Bertz CT molecular complexity index is 771. The van der Waals surface area contributed by atoms with Crippen molar-refractivity contribution in [3.8, 4) is 0 Å². The van der Waals surface area contributed by atoms with Gasteiger partial charge in [0.15, 0.2) is 0 Å². The minimum Gasteiger partial charge on any atom is -0.480 e. The van der Waals surface area contributed by atoms with Crippen molar-refractivity contribution in [3.63, 3.8) is 0 Å². The molecule has 164 valence electrons. The first kappa shape index (κ1) is 22.2. The summed E-state index contributed by atoms with van der Waals surface area (Å²) in [7, 11) is 0. The van der Waals surface area contributed by atoms with E-state index in [9.17, 15) is 19.5 Å². The van der Waals surface area contributed by atoms with Crippen LogP contribution in [0, 0.1) is 5.92 Å². The average Bonchev–Trinajstić information content (AvgIpc) is 3.29. The average molecular weight is 418 g/mol. The number of esters is 1. The molecule has 1 amide bonds. The highest BCUT2D eigenvalue weighted by molar-refractivity contribution is 5.95. The normalized spacial score (nSPS) is 26.3. The third kappa shape index (κ3) is 4.20.